The summed E-state index contributed by atoms with van der Waals surface area (Å²) >= 11 is 12.3. The number of allylic oxidation sites excluding steroid dienone is 1. The Morgan fingerprint density at radius 1 is 1.05 bits per heavy atom. The molecule has 1 aliphatic rings. The van der Waals surface area contributed by atoms with Crippen molar-refractivity contribution in [3.8, 4) is 11.5 Å². The molecule has 1 heterocycles. The molecule has 1 atom stereocenters. The van der Waals surface area contributed by atoms with Gasteiger partial charge in [0, 0.05) is 15.7 Å². The molecule has 0 radical (unpaired) electrons. The number of benzene rings is 3. The highest BCUT2D eigenvalue weighted by molar-refractivity contribution is 9.10. The first-order valence-corrected chi connectivity index (χ1v) is 14.9. The summed E-state index contributed by atoms with van der Waals surface area (Å²) in [6.45, 7) is 3.86. The van der Waals surface area contributed by atoms with Crippen molar-refractivity contribution in [3.05, 3.63) is 104 Å². The lowest BCUT2D eigenvalue weighted by Gasteiger charge is -2.30. The second kappa shape index (κ2) is 14.9. The molecular formula is C30H28Br2N4O5S. The Hall–Kier alpha value is -3.74. The quantitative estimate of drug-likeness (QED) is 0.101. The average Bonchev–Trinajstić information content (AvgIpc) is 2.96. The number of nitrogens with zero attached hydrogens (tertiary/aromatic N) is 1. The molecule has 0 aliphatic carbocycles. The van der Waals surface area contributed by atoms with Crippen LogP contribution in [0.3, 0.4) is 0 Å². The molecule has 0 aromatic heterocycles. The molecular weight excluding hydrogens is 688 g/mol. The molecule has 0 unspecified atom stereocenters. The number of carbonyl (C=O) groups is 2. The zero-order valence-electron chi connectivity index (χ0n) is 22.8. The lowest BCUT2D eigenvalue weighted by atomic mass is 9.95. The van der Waals surface area contributed by atoms with E-state index in [1.807, 2.05) is 48.5 Å². The average molecular weight is 716 g/mol. The van der Waals surface area contributed by atoms with Crippen molar-refractivity contribution in [3.63, 3.8) is 0 Å². The zero-order valence-corrected chi connectivity index (χ0v) is 26.8. The van der Waals surface area contributed by atoms with E-state index in [1.165, 1.54) is 6.21 Å². The van der Waals surface area contributed by atoms with Crippen molar-refractivity contribution in [1.29, 1.82) is 0 Å². The van der Waals surface area contributed by atoms with Gasteiger partial charge in [0.15, 0.2) is 11.7 Å². The van der Waals surface area contributed by atoms with Gasteiger partial charge in [-0.25, -0.2) is 10.2 Å². The number of para-hydroxylation sites is 1. The third-order valence-electron chi connectivity index (χ3n) is 6.02. The van der Waals surface area contributed by atoms with Crippen LogP contribution in [-0.4, -0.2) is 36.4 Å². The van der Waals surface area contributed by atoms with Crippen LogP contribution in [0.5, 0.6) is 11.5 Å². The number of hydrogen-bond acceptors (Lipinski definition) is 7. The standard InChI is InChI=1S/C30H28Br2N4O5S/c1-3-39-29(38)27-18(2)34-30(42)35-28(27)22-6-4-5-7-24(22)41-17-26(37)36-33-15-20-10-13-25(23(32)14-20)40-16-19-8-11-21(31)12-9-19/h4-15,28H,3,16-17H2,1-2H3,(H,36,37)(H2,34,35,42)/t28-/m0/s1. The van der Waals surface area contributed by atoms with Crippen molar-refractivity contribution in [1.82, 2.24) is 16.1 Å². The molecule has 3 aromatic rings. The van der Waals surface area contributed by atoms with Crippen molar-refractivity contribution >= 4 is 67.3 Å². The highest BCUT2D eigenvalue weighted by atomic mass is 79.9. The van der Waals surface area contributed by atoms with E-state index in [2.05, 4.69) is 53.0 Å². The van der Waals surface area contributed by atoms with Gasteiger partial charge in [-0.1, -0.05) is 46.3 Å². The number of thiocarbonyl (C=S) groups is 1. The van der Waals surface area contributed by atoms with Crippen molar-refractivity contribution in [2.24, 2.45) is 5.10 Å². The fourth-order valence-corrected chi connectivity index (χ4v) is 5.11. The minimum Gasteiger partial charge on any atom is -0.488 e. The Morgan fingerprint density at radius 3 is 2.55 bits per heavy atom. The second-order valence-electron chi connectivity index (χ2n) is 9.02. The Morgan fingerprint density at radius 2 is 1.81 bits per heavy atom. The maximum Gasteiger partial charge on any atom is 0.338 e. The summed E-state index contributed by atoms with van der Waals surface area (Å²) in [7, 11) is 0. The van der Waals surface area contributed by atoms with Gasteiger partial charge in [0.2, 0.25) is 0 Å². The molecule has 1 aliphatic heterocycles. The fourth-order valence-electron chi connectivity index (χ4n) is 4.07. The second-order valence-corrected chi connectivity index (χ2v) is 11.2. The number of carbonyl (C=O) groups excluding carboxylic acids is 2. The van der Waals surface area contributed by atoms with Crippen LogP contribution in [0.15, 0.2) is 92.0 Å². The smallest absolute Gasteiger partial charge is 0.338 e. The van der Waals surface area contributed by atoms with Crippen LogP contribution in [0, 0.1) is 0 Å². The third-order valence-corrected chi connectivity index (χ3v) is 7.39. The van der Waals surface area contributed by atoms with Crippen LogP contribution >= 0.6 is 44.1 Å². The number of esters is 1. The van der Waals surface area contributed by atoms with Crippen LogP contribution in [0.4, 0.5) is 0 Å². The summed E-state index contributed by atoms with van der Waals surface area (Å²) in [4.78, 5) is 25.2. The Kier molecular flexibility index (Phi) is 11.1. The van der Waals surface area contributed by atoms with Gasteiger partial charge in [0.1, 0.15) is 18.1 Å². The maximum atomic E-state index is 12.7. The summed E-state index contributed by atoms with van der Waals surface area (Å²) in [5.74, 6) is 0.170. The molecule has 0 fully saturated rings. The predicted molar refractivity (Wildman–Crippen MR) is 171 cm³/mol. The van der Waals surface area contributed by atoms with E-state index < -0.39 is 17.9 Å². The first-order valence-electron chi connectivity index (χ1n) is 12.9. The monoisotopic (exact) mass is 714 g/mol. The van der Waals surface area contributed by atoms with E-state index in [9.17, 15) is 9.59 Å². The molecule has 12 heteroatoms. The normalized spacial score (nSPS) is 14.7. The van der Waals surface area contributed by atoms with Gasteiger partial charge < -0.3 is 24.8 Å². The maximum absolute atomic E-state index is 12.7. The first kappa shape index (κ1) is 31.2. The lowest BCUT2D eigenvalue weighted by Crippen LogP contribution is -2.45. The summed E-state index contributed by atoms with van der Waals surface area (Å²) in [5.41, 5.74) is 5.87. The van der Waals surface area contributed by atoms with Crippen molar-refractivity contribution < 1.29 is 23.8 Å². The van der Waals surface area contributed by atoms with Crippen molar-refractivity contribution in [2.45, 2.75) is 26.5 Å². The van der Waals surface area contributed by atoms with E-state index in [4.69, 9.17) is 26.4 Å². The highest BCUT2D eigenvalue weighted by Crippen LogP contribution is 2.33. The third kappa shape index (κ3) is 8.40. The van der Waals surface area contributed by atoms with Gasteiger partial charge in [0.25, 0.3) is 5.91 Å². The van der Waals surface area contributed by atoms with E-state index >= 15 is 0 Å². The Bertz CT molecular complexity index is 1530. The van der Waals surface area contributed by atoms with E-state index in [0.717, 1.165) is 20.1 Å². The Labute approximate surface area is 266 Å². The highest BCUT2D eigenvalue weighted by Gasteiger charge is 2.32. The van der Waals surface area contributed by atoms with Gasteiger partial charge in [-0.3, -0.25) is 4.79 Å². The number of hydrogen-bond donors (Lipinski definition) is 3. The summed E-state index contributed by atoms with van der Waals surface area (Å²) < 4.78 is 18.7. The number of halogens is 2. The van der Waals surface area contributed by atoms with Crippen molar-refractivity contribution in [2.75, 3.05) is 13.2 Å². The molecule has 0 saturated heterocycles. The number of ether oxygens (including phenoxy) is 3. The summed E-state index contributed by atoms with van der Waals surface area (Å²) in [6, 6.07) is 19.9. The largest absolute Gasteiger partial charge is 0.488 e. The van der Waals surface area contributed by atoms with Gasteiger partial charge in [-0.05, 0) is 89.5 Å². The Balaban J connectivity index is 1.34. The molecule has 3 N–H and O–H groups in total. The van der Waals surface area contributed by atoms with Crippen LogP contribution < -0.4 is 25.5 Å². The molecule has 4 rings (SSSR count). The molecule has 0 bridgehead atoms. The number of rotatable bonds is 11. The molecule has 0 saturated carbocycles. The zero-order chi connectivity index (χ0) is 30.1. The van der Waals surface area contributed by atoms with Gasteiger partial charge in [-0.15, -0.1) is 0 Å². The van der Waals surface area contributed by atoms with Crippen LogP contribution in [-0.2, 0) is 20.9 Å². The van der Waals surface area contributed by atoms with E-state index in [1.54, 1.807) is 32.0 Å². The van der Waals surface area contributed by atoms with Crippen LogP contribution in [0.25, 0.3) is 0 Å². The van der Waals surface area contributed by atoms with Gasteiger partial charge in [0.05, 0.1) is 28.9 Å². The summed E-state index contributed by atoms with van der Waals surface area (Å²) in [6.07, 6.45) is 1.52. The minimum absolute atomic E-state index is 0.229. The molecule has 9 nitrogen and oxygen atoms in total. The van der Waals surface area contributed by atoms with Crippen LogP contribution in [0.1, 0.15) is 36.6 Å². The van der Waals surface area contributed by atoms with Gasteiger partial charge in [-0.2, -0.15) is 5.10 Å². The minimum atomic E-state index is -0.615. The molecule has 218 valence electrons. The fraction of sp³-hybridized carbons (Fsp3) is 0.200. The van der Waals surface area contributed by atoms with E-state index in [-0.39, 0.29) is 13.2 Å². The molecule has 3 aromatic carbocycles. The SMILES string of the molecule is CCOC(=O)C1=C(C)NC(=S)N[C@H]1c1ccccc1OCC(=O)NN=Cc1ccc(OCc2ccc(Br)cc2)c(Br)c1. The first-order chi connectivity index (χ1) is 20.2. The van der Waals surface area contributed by atoms with Gasteiger partial charge >= 0.3 is 5.97 Å². The summed E-state index contributed by atoms with van der Waals surface area (Å²) in [5, 5.41) is 10.5. The molecule has 42 heavy (non-hydrogen) atoms. The topological polar surface area (TPSA) is 110 Å². The number of hydrazone groups is 1. The number of amides is 1. The molecule has 1 amide bonds. The number of nitrogens with one attached hydrogen (secondary N) is 3. The van der Waals surface area contributed by atoms with Crippen LogP contribution in [0.2, 0.25) is 0 Å². The lowest BCUT2D eigenvalue weighted by molar-refractivity contribution is -0.139. The predicted octanol–water partition coefficient (Wildman–Crippen LogP) is 5.68. The van der Waals surface area contributed by atoms with E-state index in [0.29, 0.717) is 40.1 Å². The molecule has 0 spiro atoms.